The van der Waals surface area contributed by atoms with E-state index in [9.17, 15) is 9.90 Å². The largest absolute Gasteiger partial charge is 0.504 e. The van der Waals surface area contributed by atoms with Crippen molar-refractivity contribution in [2.45, 2.75) is 32.2 Å². The Bertz CT molecular complexity index is 513. The van der Waals surface area contributed by atoms with Gasteiger partial charge in [-0.1, -0.05) is 26.1 Å². The maximum Gasteiger partial charge on any atom is 0.252 e. The molecule has 1 rings (SSSR count). The predicted molar refractivity (Wildman–Crippen MR) is 82.2 cm³/mol. The fourth-order valence-electron chi connectivity index (χ4n) is 1.96. The molecule has 6 heteroatoms. The fourth-order valence-corrected chi connectivity index (χ4v) is 2.30. The standard InChI is InChI=1S/C14H20N2O3S/c1-4-14(5-2,13(15)20)16-12(18)9-6-7-11(19-3)10(17)8-9/h6-8,17H,4-5H2,1-3H3,(H2,15,20)(H,16,18). The Labute approximate surface area is 124 Å². The molecule has 5 nitrogen and oxygen atoms in total. The van der Waals surface area contributed by atoms with Crippen molar-refractivity contribution in [3.63, 3.8) is 0 Å². The highest BCUT2D eigenvalue weighted by atomic mass is 32.1. The minimum absolute atomic E-state index is 0.0888. The molecular weight excluding hydrogens is 276 g/mol. The van der Waals surface area contributed by atoms with E-state index < -0.39 is 5.54 Å². The number of aromatic hydroxyl groups is 1. The van der Waals surface area contributed by atoms with Crippen LogP contribution < -0.4 is 15.8 Å². The highest BCUT2D eigenvalue weighted by molar-refractivity contribution is 7.80. The van der Waals surface area contributed by atoms with Crippen molar-refractivity contribution < 1.29 is 14.6 Å². The molecule has 0 fully saturated rings. The quantitative estimate of drug-likeness (QED) is 0.699. The molecule has 20 heavy (non-hydrogen) atoms. The van der Waals surface area contributed by atoms with E-state index in [-0.39, 0.29) is 16.6 Å². The molecule has 0 radical (unpaired) electrons. The fraction of sp³-hybridized carbons (Fsp3) is 0.429. The molecule has 110 valence electrons. The number of benzene rings is 1. The monoisotopic (exact) mass is 296 g/mol. The minimum atomic E-state index is -0.706. The summed E-state index contributed by atoms with van der Waals surface area (Å²) in [5.41, 5.74) is 5.36. The van der Waals surface area contributed by atoms with Crippen LogP contribution in [0.2, 0.25) is 0 Å². The van der Waals surface area contributed by atoms with Crippen LogP contribution in [0.15, 0.2) is 18.2 Å². The lowest BCUT2D eigenvalue weighted by Gasteiger charge is -2.31. The summed E-state index contributed by atoms with van der Waals surface area (Å²) >= 11 is 5.05. The first-order valence-electron chi connectivity index (χ1n) is 6.39. The van der Waals surface area contributed by atoms with E-state index in [0.29, 0.717) is 24.2 Å². The first-order valence-corrected chi connectivity index (χ1v) is 6.80. The molecule has 1 amide bonds. The average molecular weight is 296 g/mol. The summed E-state index contributed by atoms with van der Waals surface area (Å²) in [5.74, 6) is -0.110. The molecule has 0 saturated heterocycles. The van der Waals surface area contributed by atoms with Crippen LogP contribution in [0, 0.1) is 0 Å². The van der Waals surface area contributed by atoms with E-state index in [2.05, 4.69) is 5.32 Å². The summed E-state index contributed by atoms with van der Waals surface area (Å²) in [6, 6.07) is 4.46. The van der Waals surface area contributed by atoms with Gasteiger partial charge >= 0.3 is 0 Å². The van der Waals surface area contributed by atoms with Crippen molar-refractivity contribution in [3.05, 3.63) is 23.8 Å². The molecule has 0 spiro atoms. The maximum atomic E-state index is 12.3. The molecule has 0 heterocycles. The van der Waals surface area contributed by atoms with E-state index >= 15 is 0 Å². The molecule has 1 aromatic rings. The molecule has 0 bridgehead atoms. The predicted octanol–water partition coefficient (Wildman–Crippen LogP) is 1.98. The number of nitrogens with two attached hydrogens (primary N) is 1. The number of hydrogen-bond donors (Lipinski definition) is 3. The van der Waals surface area contributed by atoms with Gasteiger partial charge in [-0.2, -0.15) is 0 Å². The Morgan fingerprint density at radius 1 is 1.45 bits per heavy atom. The normalized spacial score (nSPS) is 10.9. The van der Waals surface area contributed by atoms with Crippen LogP contribution in [0.25, 0.3) is 0 Å². The number of carbonyl (C=O) groups is 1. The molecule has 0 aliphatic rings. The number of hydrogen-bond acceptors (Lipinski definition) is 4. The number of rotatable bonds is 6. The van der Waals surface area contributed by atoms with Crippen LogP contribution in [0.1, 0.15) is 37.0 Å². The number of carbonyl (C=O) groups excluding carboxylic acids is 1. The lowest BCUT2D eigenvalue weighted by molar-refractivity contribution is 0.0919. The second-order valence-electron chi connectivity index (χ2n) is 4.49. The smallest absolute Gasteiger partial charge is 0.252 e. The first kappa shape index (κ1) is 16.2. The highest BCUT2D eigenvalue weighted by Gasteiger charge is 2.31. The van der Waals surface area contributed by atoms with E-state index in [1.54, 1.807) is 6.07 Å². The summed E-state index contributed by atoms with van der Waals surface area (Å²) in [5, 5.41) is 12.6. The summed E-state index contributed by atoms with van der Waals surface area (Å²) in [7, 11) is 1.45. The third-order valence-electron chi connectivity index (χ3n) is 3.47. The Morgan fingerprint density at radius 3 is 2.45 bits per heavy atom. The number of phenols is 1. The van der Waals surface area contributed by atoms with Crippen molar-refractivity contribution >= 4 is 23.1 Å². The first-order chi connectivity index (χ1) is 9.40. The lowest BCUT2D eigenvalue weighted by Crippen LogP contribution is -2.55. The second-order valence-corrected chi connectivity index (χ2v) is 4.93. The van der Waals surface area contributed by atoms with Gasteiger partial charge in [0.25, 0.3) is 5.91 Å². The Balaban J connectivity index is 3.01. The van der Waals surface area contributed by atoms with Crippen molar-refractivity contribution in [1.82, 2.24) is 5.32 Å². The Hall–Kier alpha value is -1.82. The van der Waals surface area contributed by atoms with Gasteiger partial charge in [-0.05, 0) is 31.0 Å². The third-order valence-corrected chi connectivity index (χ3v) is 3.86. The Morgan fingerprint density at radius 2 is 2.05 bits per heavy atom. The lowest BCUT2D eigenvalue weighted by atomic mass is 9.92. The molecule has 0 saturated carbocycles. The summed E-state index contributed by atoms with van der Waals surface area (Å²) < 4.78 is 4.94. The van der Waals surface area contributed by atoms with E-state index in [1.807, 2.05) is 13.8 Å². The average Bonchev–Trinajstić information content (AvgIpc) is 2.44. The van der Waals surface area contributed by atoms with Gasteiger partial charge in [-0.3, -0.25) is 4.79 Å². The van der Waals surface area contributed by atoms with Gasteiger partial charge in [-0.15, -0.1) is 0 Å². The molecular formula is C14H20N2O3S. The topological polar surface area (TPSA) is 84.6 Å². The zero-order valence-corrected chi connectivity index (χ0v) is 12.7. The van der Waals surface area contributed by atoms with Crippen LogP contribution in [0.5, 0.6) is 11.5 Å². The number of methoxy groups -OCH3 is 1. The second kappa shape index (κ2) is 6.56. The van der Waals surface area contributed by atoms with Gasteiger partial charge in [0, 0.05) is 5.56 Å². The van der Waals surface area contributed by atoms with Crippen LogP contribution in [0.4, 0.5) is 0 Å². The van der Waals surface area contributed by atoms with Crippen molar-refractivity contribution in [3.8, 4) is 11.5 Å². The maximum absolute atomic E-state index is 12.3. The molecule has 4 N–H and O–H groups in total. The molecule has 0 aliphatic heterocycles. The zero-order chi connectivity index (χ0) is 15.3. The van der Waals surface area contributed by atoms with Gasteiger partial charge in [0.05, 0.1) is 17.6 Å². The number of thiocarbonyl (C=S) groups is 1. The van der Waals surface area contributed by atoms with Gasteiger partial charge in [0.15, 0.2) is 11.5 Å². The summed E-state index contributed by atoms with van der Waals surface area (Å²) in [6.07, 6.45) is 1.21. The van der Waals surface area contributed by atoms with Crippen LogP contribution in [-0.4, -0.2) is 28.7 Å². The van der Waals surface area contributed by atoms with Gasteiger partial charge in [0.1, 0.15) is 0 Å². The molecule has 0 atom stereocenters. The molecule has 0 unspecified atom stereocenters. The zero-order valence-electron chi connectivity index (χ0n) is 11.9. The number of amides is 1. The number of nitrogens with one attached hydrogen (secondary N) is 1. The summed E-state index contributed by atoms with van der Waals surface area (Å²) in [6.45, 7) is 3.82. The van der Waals surface area contributed by atoms with E-state index in [0.717, 1.165) is 0 Å². The van der Waals surface area contributed by atoms with Crippen LogP contribution in [0.3, 0.4) is 0 Å². The molecule has 0 aromatic heterocycles. The molecule has 1 aromatic carbocycles. The van der Waals surface area contributed by atoms with Gasteiger partial charge < -0.3 is 20.9 Å². The van der Waals surface area contributed by atoms with E-state index in [4.69, 9.17) is 22.7 Å². The minimum Gasteiger partial charge on any atom is -0.504 e. The van der Waals surface area contributed by atoms with Gasteiger partial charge in [0.2, 0.25) is 0 Å². The van der Waals surface area contributed by atoms with Crippen LogP contribution in [-0.2, 0) is 0 Å². The van der Waals surface area contributed by atoms with Gasteiger partial charge in [-0.25, -0.2) is 0 Å². The molecule has 0 aliphatic carbocycles. The Kier molecular flexibility index (Phi) is 5.33. The highest BCUT2D eigenvalue weighted by Crippen LogP contribution is 2.26. The number of ether oxygens (including phenoxy) is 1. The van der Waals surface area contributed by atoms with Crippen molar-refractivity contribution in [2.75, 3.05) is 7.11 Å². The van der Waals surface area contributed by atoms with Crippen molar-refractivity contribution in [1.29, 1.82) is 0 Å². The summed E-state index contributed by atoms with van der Waals surface area (Å²) in [4.78, 5) is 12.5. The number of phenolic OH excluding ortho intramolecular Hbond substituents is 1. The van der Waals surface area contributed by atoms with E-state index in [1.165, 1.54) is 19.2 Å². The van der Waals surface area contributed by atoms with Crippen LogP contribution >= 0.6 is 12.2 Å². The van der Waals surface area contributed by atoms with Crippen molar-refractivity contribution in [2.24, 2.45) is 5.73 Å². The SMILES string of the molecule is CCC(CC)(NC(=O)c1ccc(OC)c(O)c1)C(N)=S. The third kappa shape index (κ3) is 3.19.